The summed E-state index contributed by atoms with van der Waals surface area (Å²) in [6.07, 6.45) is 1.57. The number of nitrogens with zero attached hydrogens (tertiary/aromatic N) is 4. The number of hydrogen-bond donors (Lipinski definition) is 1. The maximum absolute atomic E-state index is 13.5. The van der Waals surface area contributed by atoms with Crippen molar-refractivity contribution in [3.8, 4) is 5.75 Å². The SMILES string of the molecule is COc1ccc2nc(NC(=O)COC(=O)C3CCCCN3S(=O)(=O)c3cccc4nsnc34)sc2c1. The average Bonchev–Trinajstić information content (AvgIpc) is 3.53. The van der Waals surface area contributed by atoms with Crippen LogP contribution in [0, 0.1) is 0 Å². The Labute approximate surface area is 214 Å². The Morgan fingerprint density at radius 3 is 2.86 bits per heavy atom. The smallest absolute Gasteiger partial charge is 0.324 e. The zero-order valence-electron chi connectivity index (χ0n) is 19.0. The van der Waals surface area contributed by atoms with E-state index in [1.54, 1.807) is 31.4 Å². The molecule has 11 nitrogen and oxygen atoms in total. The van der Waals surface area contributed by atoms with Gasteiger partial charge in [0, 0.05) is 6.54 Å². The van der Waals surface area contributed by atoms with Gasteiger partial charge in [0.25, 0.3) is 5.91 Å². The minimum absolute atomic E-state index is 0.00124. The van der Waals surface area contributed by atoms with E-state index in [4.69, 9.17) is 9.47 Å². The molecule has 1 atom stereocenters. The summed E-state index contributed by atoms with van der Waals surface area (Å²) in [5.74, 6) is -0.670. The standard InChI is InChI=1S/C22H21N5O6S3/c1-32-13-8-9-14-17(11-13)34-22(23-14)24-19(28)12-33-21(29)16-6-2-3-10-27(16)36(30,31)18-7-4-5-15-20(18)26-35-25-15/h4-5,7-9,11,16H,2-3,6,10,12H2,1H3,(H,23,24,28). The number of nitrogens with one attached hydrogen (secondary N) is 1. The molecule has 1 aliphatic rings. The average molecular weight is 548 g/mol. The number of aromatic nitrogens is 3. The van der Waals surface area contributed by atoms with Gasteiger partial charge < -0.3 is 9.47 Å². The first-order valence-corrected chi connectivity index (χ1v) is 14.0. The van der Waals surface area contributed by atoms with Crippen molar-refractivity contribution in [2.45, 2.75) is 30.2 Å². The van der Waals surface area contributed by atoms with E-state index in [9.17, 15) is 18.0 Å². The van der Waals surface area contributed by atoms with Gasteiger partial charge in [0.2, 0.25) is 10.0 Å². The molecule has 1 fully saturated rings. The van der Waals surface area contributed by atoms with Crippen LogP contribution >= 0.6 is 23.1 Å². The second-order valence-corrected chi connectivity index (χ2v) is 11.4. The third kappa shape index (κ3) is 4.76. The molecule has 4 aromatic rings. The minimum atomic E-state index is -4.04. The largest absolute Gasteiger partial charge is 0.497 e. The van der Waals surface area contributed by atoms with Crippen LogP contribution in [0.4, 0.5) is 5.13 Å². The van der Waals surface area contributed by atoms with Gasteiger partial charge in [-0.1, -0.05) is 17.4 Å². The third-order valence-corrected chi connectivity index (χ3v) is 9.16. The van der Waals surface area contributed by atoms with Crippen molar-refractivity contribution >= 4 is 71.3 Å². The summed E-state index contributed by atoms with van der Waals surface area (Å²) in [6.45, 7) is -0.397. The Balaban J connectivity index is 1.27. The van der Waals surface area contributed by atoms with Crippen molar-refractivity contribution in [3.63, 3.8) is 0 Å². The number of carbonyl (C=O) groups excluding carboxylic acids is 2. The van der Waals surface area contributed by atoms with Gasteiger partial charge in [-0.25, -0.2) is 13.4 Å². The van der Waals surface area contributed by atoms with Gasteiger partial charge >= 0.3 is 5.97 Å². The first-order chi connectivity index (χ1) is 17.4. The zero-order valence-corrected chi connectivity index (χ0v) is 21.5. The summed E-state index contributed by atoms with van der Waals surface area (Å²) in [5.41, 5.74) is 1.44. The number of methoxy groups -OCH3 is 1. The number of anilines is 1. The van der Waals surface area contributed by atoms with Gasteiger partial charge in [-0.3, -0.25) is 14.9 Å². The van der Waals surface area contributed by atoms with Crippen LogP contribution in [0.5, 0.6) is 5.75 Å². The summed E-state index contributed by atoms with van der Waals surface area (Å²) in [5, 5.41) is 2.97. The molecular weight excluding hydrogens is 526 g/mol. The quantitative estimate of drug-likeness (QED) is 0.346. The van der Waals surface area contributed by atoms with E-state index in [2.05, 4.69) is 19.0 Å². The van der Waals surface area contributed by atoms with E-state index in [-0.39, 0.29) is 17.0 Å². The molecule has 1 saturated heterocycles. The molecule has 0 bridgehead atoms. The van der Waals surface area contributed by atoms with Crippen molar-refractivity contribution in [1.29, 1.82) is 0 Å². The van der Waals surface area contributed by atoms with Crippen LogP contribution in [0.15, 0.2) is 41.3 Å². The molecule has 1 amide bonds. The third-order valence-electron chi connectivity index (χ3n) is 5.75. The number of piperidine rings is 1. The lowest BCUT2D eigenvalue weighted by Crippen LogP contribution is -2.48. The number of amides is 1. The number of benzene rings is 2. The fourth-order valence-corrected chi connectivity index (χ4v) is 7.33. The number of esters is 1. The Kier molecular flexibility index (Phi) is 6.83. The van der Waals surface area contributed by atoms with Crippen LogP contribution in [0.3, 0.4) is 0 Å². The fourth-order valence-electron chi connectivity index (χ4n) is 4.02. The van der Waals surface area contributed by atoms with Crippen LogP contribution in [0.25, 0.3) is 21.3 Å². The summed E-state index contributed by atoms with van der Waals surface area (Å²) in [4.78, 5) is 29.7. The highest BCUT2D eigenvalue weighted by Gasteiger charge is 2.39. The van der Waals surface area contributed by atoms with Crippen molar-refractivity contribution in [1.82, 2.24) is 18.0 Å². The number of rotatable bonds is 7. The molecule has 0 radical (unpaired) electrons. The first kappa shape index (κ1) is 24.5. The summed E-state index contributed by atoms with van der Waals surface area (Å²) >= 11 is 2.18. The zero-order chi connectivity index (χ0) is 25.3. The molecule has 0 saturated carbocycles. The van der Waals surface area contributed by atoms with Crippen molar-refractivity contribution in [3.05, 3.63) is 36.4 Å². The molecular formula is C22H21N5O6S3. The fraction of sp³-hybridized carbons (Fsp3) is 0.318. The van der Waals surface area contributed by atoms with Crippen LogP contribution in [-0.2, 0) is 24.3 Å². The highest BCUT2D eigenvalue weighted by molar-refractivity contribution is 7.89. The lowest BCUT2D eigenvalue weighted by Gasteiger charge is -2.32. The van der Waals surface area contributed by atoms with Gasteiger partial charge in [-0.2, -0.15) is 13.1 Å². The summed E-state index contributed by atoms with van der Waals surface area (Å²) < 4.78 is 47.6. The molecule has 5 rings (SSSR count). The molecule has 1 N–H and O–H groups in total. The molecule has 2 aromatic carbocycles. The van der Waals surface area contributed by atoms with Crippen molar-refractivity contribution < 1.29 is 27.5 Å². The molecule has 188 valence electrons. The Morgan fingerprint density at radius 1 is 1.17 bits per heavy atom. The van der Waals surface area contributed by atoms with Gasteiger partial charge in [0.05, 0.1) is 29.1 Å². The summed E-state index contributed by atoms with van der Waals surface area (Å²) in [7, 11) is -2.48. The van der Waals surface area contributed by atoms with E-state index in [1.165, 1.54) is 17.4 Å². The van der Waals surface area contributed by atoms with Crippen LogP contribution in [0.1, 0.15) is 19.3 Å². The number of sulfonamides is 1. The highest BCUT2D eigenvalue weighted by atomic mass is 32.2. The lowest BCUT2D eigenvalue weighted by molar-refractivity contribution is -0.152. The predicted octanol–water partition coefficient (Wildman–Crippen LogP) is 3.03. The van der Waals surface area contributed by atoms with Crippen molar-refractivity contribution in [2.75, 3.05) is 25.6 Å². The van der Waals surface area contributed by atoms with E-state index in [1.807, 2.05) is 6.07 Å². The number of thiazole rings is 1. The van der Waals surface area contributed by atoms with Gasteiger partial charge in [0.1, 0.15) is 27.7 Å². The molecule has 1 unspecified atom stereocenters. The second kappa shape index (κ2) is 10.0. The molecule has 14 heteroatoms. The second-order valence-electron chi connectivity index (χ2n) is 8.02. The van der Waals surface area contributed by atoms with Gasteiger partial charge in [-0.05, 0) is 49.6 Å². The Morgan fingerprint density at radius 2 is 2.03 bits per heavy atom. The van der Waals surface area contributed by atoms with Gasteiger partial charge in [0.15, 0.2) is 11.7 Å². The highest BCUT2D eigenvalue weighted by Crippen LogP contribution is 2.31. The maximum Gasteiger partial charge on any atom is 0.324 e. The van der Waals surface area contributed by atoms with E-state index in [0.717, 1.165) is 20.7 Å². The molecule has 3 heterocycles. The number of carbonyl (C=O) groups is 2. The van der Waals surface area contributed by atoms with E-state index >= 15 is 0 Å². The van der Waals surface area contributed by atoms with Crippen LogP contribution < -0.4 is 10.1 Å². The number of fused-ring (bicyclic) bond motifs is 2. The molecule has 0 spiro atoms. The molecule has 0 aliphatic carbocycles. The van der Waals surface area contributed by atoms with E-state index in [0.29, 0.717) is 41.2 Å². The first-order valence-electron chi connectivity index (χ1n) is 11.0. The summed E-state index contributed by atoms with van der Waals surface area (Å²) in [6, 6.07) is 9.05. The predicted molar refractivity (Wildman–Crippen MR) is 135 cm³/mol. The normalized spacial score (nSPS) is 16.8. The van der Waals surface area contributed by atoms with Crippen LogP contribution in [0.2, 0.25) is 0 Å². The van der Waals surface area contributed by atoms with Crippen molar-refractivity contribution in [2.24, 2.45) is 0 Å². The molecule has 1 aliphatic heterocycles. The topological polar surface area (TPSA) is 141 Å². The number of hydrogen-bond acceptors (Lipinski definition) is 11. The van der Waals surface area contributed by atoms with Gasteiger partial charge in [-0.15, -0.1) is 0 Å². The minimum Gasteiger partial charge on any atom is -0.497 e. The van der Waals surface area contributed by atoms with Crippen LogP contribution in [-0.4, -0.2) is 64.6 Å². The Bertz CT molecular complexity index is 1550. The van der Waals surface area contributed by atoms with E-state index < -0.39 is 34.5 Å². The monoisotopic (exact) mass is 547 g/mol. The molecule has 2 aromatic heterocycles. The number of ether oxygens (including phenoxy) is 2. The molecule has 36 heavy (non-hydrogen) atoms. The maximum atomic E-state index is 13.5. The lowest BCUT2D eigenvalue weighted by atomic mass is 10.1. The Hall–Kier alpha value is -3.20.